The zero-order valence-corrected chi connectivity index (χ0v) is 13.5. The van der Waals surface area contributed by atoms with Gasteiger partial charge in [0.15, 0.2) is 5.82 Å². The molecule has 0 atom stereocenters. The van der Waals surface area contributed by atoms with E-state index in [9.17, 15) is 4.79 Å². The Morgan fingerprint density at radius 3 is 2.64 bits per heavy atom. The Morgan fingerprint density at radius 1 is 1.32 bits per heavy atom. The minimum absolute atomic E-state index is 0.204. The van der Waals surface area contributed by atoms with E-state index in [1.807, 2.05) is 0 Å². The fourth-order valence-electron chi connectivity index (χ4n) is 3.16. The average molecular weight is 308 g/mol. The van der Waals surface area contributed by atoms with Crippen LogP contribution in [-0.4, -0.2) is 58.3 Å². The first-order valence-corrected chi connectivity index (χ1v) is 7.94. The van der Waals surface area contributed by atoms with Gasteiger partial charge in [-0.05, 0) is 5.92 Å². The second-order valence-corrected chi connectivity index (χ2v) is 6.89. The average Bonchev–Trinajstić information content (AvgIpc) is 2.98. The van der Waals surface area contributed by atoms with Gasteiger partial charge in [-0.15, -0.1) is 0 Å². The van der Waals surface area contributed by atoms with Gasteiger partial charge in [-0.25, -0.2) is 4.79 Å². The first-order valence-electron chi connectivity index (χ1n) is 7.94. The lowest BCUT2D eigenvalue weighted by Crippen LogP contribution is -2.46. The van der Waals surface area contributed by atoms with Crippen molar-refractivity contribution in [3.05, 3.63) is 11.7 Å². The maximum atomic E-state index is 11.6. The monoisotopic (exact) mass is 308 g/mol. The summed E-state index contributed by atoms with van der Waals surface area (Å²) in [6.45, 7) is 7.42. The Kier molecular flexibility index (Phi) is 4.08. The summed E-state index contributed by atoms with van der Waals surface area (Å²) in [4.78, 5) is 20.0. The number of hydrogen-bond donors (Lipinski definition) is 0. The second-order valence-electron chi connectivity index (χ2n) is 6.89. The molecule has 2 aliphatic rings. The molecule has 3 rings (SSSR count). The van der Waals surface area contributed by atoms with Crippen molar-refractivity contribution in [1.29, 1.82) is 0 Å². The van der Waals surface area contributed by atoms with Crippen LogP contribution in [0.1, 0.15) is 38.4 Å². The van der Waals surface area contributed by atoms with Crippen LogP contribution in [0.15, 0.2) is 4.52 Å². The van der Waals surface area contributed by atoms with E-state index >= 15 is 0 Å². The van der Waals surface area contributed by atoms with E-state index in [0.29, 0.717) is 24.9 Å². The molecule has 1 aromatic rings. The highest BCUT2D eigenvalue weighted by atomic mass is 16.6. The molecule has 0 bridgehead atoms. The Balaban J connectivity index is 1.52. The molecule has 0 aromatic carbocycles. The summed E-state index contributed by atoms with van der Waals surface area (Å²) in [6, 6.07) is 0. The minimum Gasteiger partial charge on any atom is -0.441 e. The third-order valence-electron chi connectivity index (χ3n) is 4.37. The van der Waals surface area contributed by atoms with Gasteiger partial charge in [-0.3, -0.25) is 4.90 Å². The van der Waals surface area contributed by atoms with Gasteiger partial charge in [0.1, 0.15) is 5.60 Å². The predicted octanol–water partition coefficient (Wildman–Crippen LogP) is 1.68. The molecular weight excluding hydrogens is 284 g/mol. The third-order valence-corrected chi connectivity index (χ3v) is 4.37. The topological polar surface area (TPSA) is 71.7 Å². The largest absolute Gasteiger partial charge is 0.441 e. The summed E-state index contributed by atoms with van der Waals surface area (Å²) in [7, 11) is 1.79. The van der Waals surface area contributed by atoms with Crippen LogP contribution < -0.4 is 0 Å². The number of ether oxygens (including phenoxy) is 1. The standard InChI is InChI=1S/C15H24N4O3/c1-11(2)8-13-16-12(17-22-13)9-19-6-4-15(5-7-19)10-18(3)14(20)21-15/h11H,4-10H2,1-3H3. The van der Waals surface area contributed by atoms with Crippen LogP contribution in [0, 0.1) is 5.92 Å². The molecule has 0 radical (unpaired) electrons. The highest BCUT2D eigenvalue weighted by molar-refractivity contribution is 5.70. The minimum atomic E-state index is -0.289. The number of hydrogen-bond acceptors (Lipinski definition) is 6. The van der Waals surface area contributed by atoms with Crippen molar-refractivity contribution in [2.75, 3.05) is 26.7 Å². The van der Waals surface area contributed by atoms with E-state index in [4.69, 9.17) is 9.26 Å². The summed E-state index contributed by atoms with van der Waals surface area (Å²) in [5, 5.41) is 4.06. The van der Waals surface area contributed by atoms with E-state index < -0.39 is 0 Å². The molecular formula is C15H24N4O3. The highest BCUT2D eigenvalue weighted by Crippen LogP contribution is 2.32. The summed E-state index contributed by atoms with van der Waals surface area (Å²) >= 11 is 0. The molecule has 3 heterocycles. The lowest BCUT2D eigenvalue weighted by atomic mass is 9.91. The molecule has 0 saturated carbocycles. The number of amides is 1. The summed E-state index contributed by atoms with van der Waals surface area (Å²) < 4.78 is 10.8. The van der Waals surface area contributed by atoms with Crippen LogP contribution in [0.4, 0.5) is 4.79 Å². The zero-order valence-electron chi connectivity index (χ0n) is 13.5. The SMILES string of the molecule is CC(C)Cc1nc(CN2CCC3(CC2)CN(C)C(=O)O3)no1. The Hall–Kier alpha value is -1.63. The third kappa shape index (κ3) is 3.24. The van der Waals surface area contributed by atoms with Crippen LogP contribution in [-0.2, 0) is 17.7 Å². The summed E-state index contributed by atoms with van der Waals surface area (Å²) in [5.41, 5.74) is -0.289. The van der Waals surface area contributed by atoms with Crippen molar-refractivity contribution in [3.63, 3.8) is 0 Å². The van der Waals surface area contributed by atoms with Crippen molar-refractivity contribution in [2.45, 2.75) is 45.3 Å². The van der Waals surface area contributed by atoms with Crippen LogP contribution in [0.25, 0.3) is 0 Å². The fraction of sp³-hybridized carbons (Fsp3) is 0.800. The van der Waals surface area contributed by atoms with Gasteiger partial charge in [0, 0.05) is 39.4 Å². The van der Waals surface area contributed by atoms with Crippen molar-refractivity contribution >= 4 is 6.09 Å². The van der Waals surface area contributed by atoms with Crippen molar-refractivity contribution in [1.82, 2.24) is 19.9 Å². The maximum absolute atomic E-state index is 11.6. The first-order chi connectivity index (χ1) is 10.5. The molecule has 0 N–H and O–H groups in total. The molecule has 7 nitrogen and oxygen atoms in total. The zero-order chi connectivity index (χ0) is 15.7. The number of likely N-dealkylation sites (tertiary alicyclic amines) is 1. The molecule has 2 fully saturated rings. The molecule has 2 saturated heterocycles. The van der Waals surface area contributed by atoms with Crippen molar-refractivity contribution < 1.29 is 14.1 Å². The normalized spacial score (nSPS) is 21.8. The first kappa shape index (κ1) is 15.3. The van der Waals surface area contributed by atoms with E-state index in [0.717, 1.165) is 38.2 Å². The summed E-state index contributed by atoms with van der Waals surface area (Å²) in [6.07, 6.45) is 2.34. The van der Waals surface area contributed by atoms with E-state index in [1.165, 1.54) is 0 Å². The van der Waals surface area contributed by atoms with Gasteiger partial charge in [-0.1, -0.05) is 19.0 Å². The van der Waals surface area contributed by atoms with Crippen LogP contribution >= 0.6 is 0 Å². The van der Waals surface area contributed by atoms with Crippen LogP contribution in [0.5, 0.6) is 0 Å². The molecule has 2 aliphatic heterocycles. The summed E-state index contributed by atoms with van der Waals surface area (Å²) in [5.74, 6) is 1.97. The molecule has 1 amide bonds. The van der Waals surface area contributed by atoms with Crippen molar-refractivity contribution in [3.8, 4) is 0 Å². The quantitative estimate of drug-likeness (QED) is 0.843. The second kappa shape index (κ2) is 5.87. The number of piperidine rings is 1. The Labute approximate surface area is 130 Å². The van der Waals surface area contributed by atoms with Gasteiger partial charge < -0.3 is 14.2 Å². The lowest BCUT2D eigenvalue weighted by molar-refractivity contribution is -0.00186. The molecule has 122 valence electrons. The number of aromatic nitrogens is 2. The van der Waals surface area contributed by atoms with Crippen LogP contribution in [0.3, 0.4) is 0 Å². The van der Waals surface area contributed by atoms with E-state index in [1.54, 1.807) is 11.9 Å². The number of rotatable bonds is 4. The van der Waals surface area contributed by atoms with Crippen LogP contribution in [0.2, 0.25) is 0 Å². The van der Waals surface area contributed by atoms with Crippen molar-refractivity contribution in [2.24, 2.45) is 5.92 Å². The number of nitrogens with zero attached hydrogens (tertiary/aromatic N) is 4. The van der Waals surface area contributed by atoms with Gasteiger partial charge >= 0.3 is 6.09 Å². The Bertz CT molecular complexity index is 535. The highest BCUT2D eigenvalue weighted by Gasteiger charge is 2.45. The number of carbonyl (C=O) groups is 1. The van der Waals surface area contributed by atoms with Gasteiger partial charge in [0.05, 0.1) is 13.1 Å². The van der Waals surface area contributed by atoms with Gasteiger partial charge in [0.25, 0.3) is 0 Å². The fourth-order valence-corrected chi connectivity index (χ4v) is 3.16. The molecule has 0 aliphatic carbocycles. The van der Waals surface area contributed by atoms with E-state index in [-0.39, 0.29) is 11.7 Å². The smallest absolute Gasteiger partial charge is 0.410 e. The van der Waals surface area contributed by atoms with Gasteiger partial charge in [0.2, 0.25) is 5.89 Å². The molecule has 7 heteroatoms. The molecule has 1 aromatic heterocycles. The Morgan fingerprint density at radius 2 is 2.05 bits per heavy atom. The molecule has 1 spiro atoms. The van der Waals surface area contributed by atoms with Gasteiger partial charge in [-0.2, -0.15) is 4.98 Å². The van der Waals surface area contributed by atoms with E-state index in [2.05, 4.69) is 28.9 Å². The maximum Gasteiger partial charge on any atom is 0.410 e. The molecule has 0 unspecified atom stereocenters. The lowest BCUT2D eigenvalue weighted by Gasteiger charge is -2.36. The number of carbonyl (C=O) groups excluding carboxylic acids is 1. The molecule has 22 heavy (non-hydrogen) atoms. The number of likely N-dealkylation sites (N-methyl/N-ethyl adjacent to an activating group) is 1. The predicted molar refractivity (Wildman–Crippen MR) is 79.2 cm³/mol.